The average molecular weight is 213 g/mol. The fraction of sp³-hybridized carbons (Fsp3) is 0.500. The van der Waals surface area contributed by atoms with E-state index in [1.165, 1.54) is 0 Å². The van der Waals surface area contributed by atoms with Gasteiger partial charge in [0.1, 0.15) is 5.82 Å². The lowest BCUT2D eigenvalue weighted by molar-refractivity contribution is -0.0221. The van der Waals surface area contributed by atoms with Gasteiger partial charge in [-0.15, -0.1) is 0 Å². The van der Waals surface area contributed by atoms with E-state index >= 15 is 0 Å². The third-order valence-corrected chi connectivity index (χ3v) is 2.59. The van der Waals surface area contributed by atoms with Crippen molar-refractivity contribution < 1.29 is 8.78 Å². The van der Waals surface area contributed by atoms with Crippen LogP contribution in [-0.2, 0) is 0 Å². The summed E-state index contributed by atoms with van der Waals surface area (Å²) < 4.78 is 25.8. The summed E-state index contributed by atoms with van der Waals surface area (Å²) >= 11 is 0. The van der Waals surface area contributed by atoms with Gasteiger partial charge < -0.3 is 10.6 Å². The molecule has 1 aliphatic heterocycles. The Labute approximate surface area is 86.9 Å². The molecule has 0 unspecified atom stereocenters. The molecule has 5 heteroatoms. The Kier molecular flexibility index (Phi) is 2.46. The fourth-order valence-corrected chi connectivity index (χ4v) is 1.67. The summed E-state index contributed by atoms with van der Waals surface area (Å²) in [6, 6.07) is 3.39. The minimum atomic E-state index is -2.52. The molecule has 1 saturated heterocycles. The van der Waals surface area contributed by atoms with Gasteiger partial charge >= 0.3 is 0 Å². The van der Waals surface area contributed by atoms with Crippen LogP contribution in [0.1, 0.15) is 12.8 Å². The van der Waals surface area contributed by atoms with E-state index in [4.69, 9.17) is 5.73 Å². The van der Waals surface area contributed by atoms with Crippen LogP contribution in [-0.4, -0.2) is 24.0 Å². The van der Waals surface area contributed by atoms with Crippen LogP contribution in [0.25, 0.3) is 0 Å². The highest BCUT2D eigenvalue weighted by Gasteiger charge is 2.34. The number of halogens is 2. The van der Waals surface area contributed by atoms with Crippen LogP contribution in [0, 0.1) is 0 Å². The molecule has 0 saturated carbocycles. The topological polar surface area (TPSA) is 42.1 Å². The van der Waals surface area contributed by atoms with Gasteiger partial charge in [0.25, 0.3) is 5.92 Å². The van der Waals surface area contributed by atoms with Gasteiger partial charge in [-0.05, 0) is 6.07 Å². The van der Waals surface area contributed by atoms with Crippen LogP contribution < -0.4 is 10.6 Å². The minimum Gasteiger partial charge on any atom is -0.399 e. The molecule has 82 valence electrons. The van der Waals surface area contributed by atoms with E-state index in [0.29, 0.717) is 24.6 Å². The monoisotopic (exact) mass is 213 g/mol. The second-order valence-corrected chi connectivity index (χ2v) is 3.79. The average Bonchev–Trinajstić information content (AvgIpc) is 2.17. The van der Waals surface area contributed by atoms with Gasteiger partial charge in [0.05, 0.1) is 0 Å². The zero-order valence-electron chi connectivity index (χ0n) is 8.29. The first-order valence-corrected chi connectivity index (χ1v) is 4.91. The maximum atomic E-state index is 12.9. The van der Waals surface area contributed by atoms with Crippen molar-refractivity contribution in [3.05, 3.63) is 18.3 Å². The van der Waals surface area contributed by atoms with Crippen LogP contribution in [0.4, 0.5) is 20.3 Å². The molecule has 0 spiro atoms. The van der Waals surface area contributed by atoms with Gasteiger partial charge in [-0.3, -0.25) is 0 Å². The Morgan fingerprint density at radius 3 is 2.60 bits per heavy atom. The van der Waals surface area contributed by atoms with Crippen molar-refractivity contribution in [1.29, 1.82) is 0 Å². The Morgan fingerprint density at radius 1 is 1.33 bits per heavy atom. The van der Waals surface area contributed by atoms with Gasteiger partial charge in [0.2, 0.25) is 0 Å². The molecule has 3 nitrogen and oxygen atoms in total. The molecule has 0 aliphatic carbocycles. The molecule has 15 heavy (non-hydrogen) atoms. The summed E-state index contributed by atoms with van der Waals surface area (Å²) in [5.74, 6) is -1.83. The van der Waals surface area contributed by atoms with Gasteiger partial charge in [-0.2, -0.15) is 0 Å². The summed E-state index contributed by atoms with van der Waals surface area (Å²) in [7, 11) is 0. The number of nitrogens with two attached hydrogens (primary N) is 1. The van der Waals surface area contributed by atoms with E-state index in [0.717, 1.165) is 0 Å². The lowest BCUT2D eigenvalue weighted by Crippen LogP contribution is -2.39. The first-order valence-electron chi connectivity index (χ1n) is 4.91. The molecule has 0 atom stereocenters. The molecular formula is C10H13F2N3. The molecule has 2 N–H and O–H groups in total. The maximum absolute atomic E-state index is 12.9. The minimum absolute atomic E-state index is 0.108. The van der Waals surface area contributed by atoms with Crippen molar-refractivity contribution in [1.82, 2.24) is 4.98 Å². The normalized spacial score (nSPS) is 20.3. The number of hydrogen-bond donors (Lipinski definition) is 1. The SMILES string of the molecule is Nc1ccnc(N2CCC(F)(F)CC2)c1. The number of pyridine rings is 1. The van der Waals surface area contributed by atoms with Crippen LogP contribution in [0.5, 0.6) is 0 Å². The van der Waals surface area contributed by atoms with Gasteiger partial charge in [0, 0.05) is 43.9 Å². The highest BCUT2D eigenvalue weighted by atomic mass is 19.3. The predicted molar refractivity (Wildman–Crippen MR) is 55.0 cm³/mol. The smallest absolute Gasteiger partial charge is 0.251 e. The number of anilines is 2. The third-order valence-electron chi connectivity index (χ3n) is 2.59. The van der Waals surface area contributed by atoms with Crippen LogP contribution >= 0.6 is 0 Å². The third kappa shape index (κ3) is 2.34. The number of nitrogen functional groups attached to an aromatic ring is 1. The van der Waals surface area contributed by atoms with Crippen molar-refractivity contribution in [2.75, 3.05) is 23.7 Å². The lowest BCUT2D eigenvalue weighted by atomic mass is 10.1. The molecule has 2 heterocycles. The largest absolute Gasteiger partial charge is 0.399 e. The van der Waals surface area contributed by atoms with Crippen molar-refractivity contribution in [3.8, 4) is 0 Å². The van der Waals surface area contributed by atoms with Crippen LogP contribution in [0.15, 0.2) is 18.3 Å². The molecule has 1 aromatic heterocycles. The van der Waals surface area contributed by atoms with Crippen LogP contribution in [0.3, 0.4) is 0 Å². The van der Waals surface area contributed by atoms with E-state index in [9.17, 15) is 8.78 Å². The highest BCUT2D eigenvalue weighted by molar-refractivity contribution is 5.50. The second kappa shape index (κ2) is 3.64. The van der Waals surface area contributed by atoms with E-state index in [1.807, 2.05) is 4.90 Å². The highest BCUT2D eigenvalue weighted by Crippen LogP contribution is 2.29. The van der Waals surface area contributed by atoms with Gasteiger partial charge in [-0.1, -0.05) is 0 Å². The zero-order valence-corrected chi connectivity index (χ0v) is 8.29. The van der Waals surface area contributed by atoms with E-state index < -0.39 is 5.92 Å². The van der Waals surface area contributed by atoms with E-state index in [2.05, 4.69) is 4.98 Å². The fourth-order valence-electron chi connectivity index (χ4n) is 1.67. The first kappa shape index (κ1) is 10.1. The number of rotatable bonds is 1. The molecular weight excluding hydrogens is 200 g/mol. The summed E-state index contributed by atoms with van der Waals surface area (Å²) in [5.41, 5.74) is 6.21. The molecule has 0 amide bonds. The first-order chi connectivity index (χ1) is 7.07. The molecule has 0 radical (unpaired) electrons. The summed E-state index contributed by atoms with van der Waals surface area (Å²) in [5, 5.41) is 0. The second-order valence-electron chi connectivity index (χ2n) is 3.79. The Morgan fingerprint density at radius 2 is 2.00 bits per heavy atom. The summed E-state index contributed by atoms with van der Waals surface area (Å²) in [6.07, 6.45) is 1.38. The van der Waals surface area contributed by atoms with Crippen molar-refractivity contribution in [3.63, 3.8) is 0 Å². The van der Waals surface area contributed by atoms with Crippen LogP contribution in [0.2, 0.25) is 0 Å². The maximum Gasteiger partial charge on any atom is 0.251 e. The van der Waals surface area contributed by atoms with Gasteiger partial charge in [-0.25, -0.2) is 13.8 Å². The van der Waals surface area contributed by atoms with Gasteiger partial charge in [0.15, 0.2) is 0 Å². The van der Waals surface area contributed by atoms with E-state index in [1.54, 1.807) is 18.3 Å². The number of nitrogens with zero attached hydrogens (tertiary/aromatic N) is 2. The zero-order chi connectivity index (χ0) is 10.9. The van der Waals surface area contributed by atoms with E-state index in [-0.39, 0.29) is 12.8 Å². The van der Waals surface area contributed by atoms with Crippen molar-refractivity contribution >= 4 is 11.5 Å². The van der Waals surface area contributed by atoms with Crippen molar-refractivity contribution in [2.45, 2.75) is 18.8 Å². The quantitative estimate of drug-likeness (QED) is 0.774. The molecule has 1 fully saturated rings. The van der Waals surface area contributed by atoms with Crippen molar-refractivity contribution in [2.24, 2.45) is 0 Å². The summed E-state index contributed by atoms with van der Waals surface area (Å²) in [4.78, 5) is 5.95. The standard InChI is InChI=1S/C10H13F2N3/c11-10(12)2-5-15(6-3-10)9-7-8(13)1-4-14-9/h1,4,7H,2-3,5-6H2,(H2,13,14). The lowest BCUT2D eigenvalue weighted by Gasteiger charge is -2.32. The number of piperidine rings is 1. The molecule has 1 aromatic rings. The number of aromatic nitrogens is 1. The number of hydrogen-bond acceptors (Lipinski definition) is 3. The molecule has 0 aromatic carbocycles. The molecule has 1 aliphatic rings. The molecule has 0 bridgehead atoms. The summed E-state index contributed by atoms with van der Waals surface area (Å²) in [6.45, 7) is 0.674. The Balaban J connectivity index is 2.08. The Bertz CT molecular complexity index is 344. The number of alkyl halides is 2. The predicted octanol–water partition coefficient (Wildman–Crippen LogP) is 1.90. The Hall–Kier alpha value is -1.39. The molecule has 2 rings (SSSR count).